The van der Waals surface area contributed by atoms with Crippen molar-refractivity contribution in [3.63, 3.8) is 0 Å². The molecule has 5 aromatic rings. The molecule has 5 rings (SSSR count). The van der Waals surface area contributed by atoms with Gasteiger partial charge in [0.25, 0.3) is 15.9 Å². The summed E-state index contributed by atoms with van der Waals surface area (Å²) in [5.41, 5.74) is 2.75. The van der Waals surface area contributed by atoms with Crippen molar-refractivity contribution in [2.75, 3.05) is 0 Å². The van der Waals surface area contributed by atoms with Crippen LogP contribution in [0.1, 0.15) is 15.9 Å². The lowest BCUT2D eigenvalue weighted by molar-refractivity contribution is 0.0857. The van der Waals surface area contributed by atoms with Gasteiger partial charge in [0.05, 0.1) is 22.7 Å². The standard InChI is InChI=1S/C27H19ClFN3O3S/c28-31(17-19-8-12-21(29)13-9-19)27(33)20-10-14-22(15-11-20)36(34,35)32-18-24(25-6-3-4-16-30-25)23-5-1-2-7-26(23)32/h1-16,18H,17H2. The summed E-state index contributed by atoms with van der Waals surface area (Å²) in [6.45, 7) is 0.0619. The third-order valence-electron chi connectivity index (χ3n) is 5.73. The molecule has 0 radical (unpaired) electrons. The largest absolute Gasteiger partial charge is 0.268 e. The monoisotopic (exact) mass is 519 g/mol. The van der Waals surface area contributed by atoms with E-state index in [1.54, 1.807) is 30.6 Å². The Bertz CT molecular complexity index is 1650. The average molecular weight is 520 g/mol. The fourth-order valence-electron chi connectivity index (χ4n) is 3.92. The summed E-state index contributed by atoms with van der Waals surface area (Å²) in [4.78, 5) is 17.1. The first kappa shape index (κ1) is 23.7. The summed E-state index contributed by atoms with van der Waals surface area (Å²) >= 11 is 6.15. The molecule has 0 saturated carbocycles. The molecule has 0 aliphatic rings. The minimum atomic E-state index is -3.97. The lowest BCUT2D eigenvalue weighted by Gasteiger charge is -2.14. The summed E-state index contributed by atoms with van der Waals surface area (Å²) in [6, 6.07) is 23.9. The number of benzene rings is 3. The van der Waals surface area contributed by atoms with Gasteiger partial charge < -0.3 is 0 Å². The Kier molecular flexibility index (Phi) is 6.30. The van der Waals surface area contributed by atoms with Crippen molar-refractivity contribution < 1.29 is 17.6 Å². The third-order valence-corrected chi connectivity index (χ3v) is 7.69. The number of aromatic nitrogens is 2. The Balaban J connectivity index is 1.44. The highest BCUT2D eigenvalue weighted by atomic mass is 35.5. The Labute approximate surface area is 212 Å². The van der Waals surface area contributed by atoms with Gasteiger partial charge >= 0.3 is 0 Å². The van der Waals surface area contributed by atoms with Gasteiger partial charge in [-0.15, -0.1) is 0 Å². The minimum absolute atomic E-state index is 0.0204. The van der Waals surface area contributed by atoms with Gasteiger partial charge in [0.15, 0.2) is 0 Å². The van der Waals surface area contributed by atoms with Crippen LogP contribution < -0.4 is 0 Å². The minimum Gasteiger partial charge on any atom is -0.268 e. The molecule has 0 bridgehead atoms. The Morgan fingerprint density at radius 3 is 2.31 bits per heavy atom. The van der Waals surface area contributed by atoms with Crippen molar-refractivity contribution in [1.82, 2.24) is 13.4 Å². The van der Waals surface area contributed by atoms with E-state index in [1.807, 2.05) is 24.3 Å². The van der Waals surface area contributed by atoms with Gasteiger partial charge in [-0.25, -0.2) is 21.2 Å². The summed E-state index contributed by atoms with van der Waals surface area (Å²) in [7, 11) is -3.97. The van der Waals surface area contributed by atoms with E-state index in [2.05, 4.69) is 4.98 Å². The molecule has 2 aromatic heterocycles. The zero-order valence-electron chi connectivity index (χ0n) is 18.8. The van der Waals surface area contributed by atoms with E-state index < -0.39 is 15.9 Å². The number of pyridine rings is 1. The molecule has 36 heavy (non-hydrogen) atoms. The summed E-state index contributed by atoms with van der Waals surface area (Å²) in [5, 5.41) is 0.755. The molecule has 0 N–H and O–H groups in total. The second-order valence-electron chi connectivity index (χ2n) is 8.05. The molecule has 6 nitrogen and oxygen atoms in total. The highest BCUT2D eigenvalue weighted by Gasteiger charge is 2.23. The number of para-hydroxylation sites is 1. The summed E-state index contributed by atoms with van der Waals surface area (Å²) in [6.07, 6.45) is 3.21. The molecule has 0 spiro atoms. The van der Waals surface area contributed by atoms with Crippen LogP contribution in [0.25, 0.3) is 22.2 Å². The molecule has 3 aromatic carbocycles. The lowest BCUT2D eigenvalue weighted by atomic mass is 10.1. The predicted molar refractivity (Wildman–Crippen MR) is 136 cm³/mol. The maximum absolute atomic E-state index is 13.6. The first-order valence-electron chi connectivity index (χ1n) is 10.9. The first-order chi connectivity index (χ1) is 17.3. The molecular weight excluding hydrogens is 501 g/mol. The quantitative estimate of drug-likeness (QED) is 0.263. The molecule has 0 aliphatic heterocycles. The number of hydrogen-bond acceptors (Lipinski definition) is 4. The number of nitrogens with zero attached hydrogens (tertiary/aromatic N) is 3. The molecule has 0 atom stereocenters. The van der Waals surface area contributed by atoms with Gasteiger partial charge in [-0.05, 0) is 60.2 Å². The van der Waals surface area contributed by atoms with Crippen molar-refractivity contribution in [3.8, 4) is 11.3 Å². The number of amides is 1. The van der Waals surface area contributed by atoms with Gasteiger partial charge in [0.1, 0.15) is 5.82 Å². The SMILES string of the molecule is O=C(c1ccc(S(=O)(=O)n2cc(-c3ccccn3)c3ccccc32)cc1)N(Cl)Cc1ccc(F)cc1. The normalized spacial score (nSPS) is 11.5. The third kappa shape index (κ3) is 4.48. The van der Waals surface area contributed by atoms with Crippen molar-refractivity contribution in [2.24, 2.45) is 0 Å². The number of halogens is 2. The Morgan fingerprint density at radius 2 is 1.61 bits per heavy atom. The molecule has 2 heterocycles. The van der Waals surface area contributed by atoms with Gasteiger partial charge in [0, 0.05) is 40.7 Å². The van der Waals surface area contributed by atoms with Crippen molar-refractivity contribution >= 4 is 38.6 Å². The number of hydrogen-bond donors (Lipinski definition) is 0. The molecule has 0 aliphatic carbocycles. The van der Waals surface area contributed by atoms with E-state index in [0.29, 0.717) is 22.3 Å². The molecular formula is C27H19ClFN3O3S. The first-order valence-corrected chi connectivity index (χ1v) is 12.7. The Hall–Kier alpha value is -4.01. The molecule has 180 valence electrons. The van der Waals surface area contributed by atoms with Crippen molar-refractivity contribution in [2.45, 2.75) is 11.4 Å². The van der Waals surface area contributed by atoms with Crippen LogP contribution in [0.15, 0.2) is 108 Å². The molecule has 0 fully saturated rings. The predicted octanol–water partition coefficient (Wildman–Crippen LogP) is 5.88. The van der Waals surface area contributed by atoms with Crippen LogP contribution in [0.2, 0.25) is 0 Å². The van der Waals surface area contributed by atoms with E-state index >= 15 is 0 Å². The van der Waals surface area contributed by atoms with Gasteiger partial charge in [-0.3, -0.25) is 9.78 Å². The second kappa shape index (κ2) is 9.56. The van der Waals surface area contributed by atoms with Gasteiger partial charge in [-0.1, -0.05) is 36.4 Å². The van der Waals surface area contributed by atoms with E-state index in [0.717, 1.165) is 9.81 Å². The van der Waals surface area contributed by atoms with Gasteiger partial charge in [0.2, 0.25) is 0 Å². The lowest BCUT2D eigenvalue weighted by Crippen LogP contribution is -2.21. The molecule has 1 amide bonds. The molecule has 0 unspecified atom stereocenters. The van der Waals surface area contributed by atoms with Crippen LogP contribution in [0.4, 0.5) is 4.39 Å². The van der Waals surface area contributed by atoms with Gasteiger partial charge in [-0.2, -0.15) is 0 Å². The highest BCUT2D eigenvalue weighted by molar-refractivity contribution is 7.90. The number of fused-ring (bicyclic) bond motifs is 1. The number of carbonyl (C=O) groups is 1. The fourth-order valence-corrected chi connectivity index (χ4v) is 5.53. The second-order valence-corrected chi connectivity index (χ2v) is 10.3. The maximum Gasteiger partial charge on any atom is 0.268 e. The van der Waals surface area contributed by atoms with Crippen LogP contribution in [0, 0.1) is 5.82 Å². The van der Waals surface area contributed by atoms with E-state index in [9.17, 15) is 17.6 Å². The van der Waals surface area contributed by atoms with E-state index in [-0.39, 0.29) is 22.8 Å². The van der Waals surface area contributed by atoms with Crippen molar-refractivity contribution in [3.05, 3.63) is 120 Å². The zero-order valence-corrected chi connectivity index (χ0v) is 20.3. The van der Waals surface area contributed by atoms with Crippen LogP contribution >= 0.6 is 11.8 Å². The smallest absolute Gasteiger partial charge is 0.268 e. The fraction of sp³-hybridized carbons (Fsp3) is 0.0370. The topological polar surface area (TPSA) is 72.3 Å². The van der Waals surface area contributed by atoms with Crippen LogP contribution in [0.3, 0.4) is 0 Å². The van der Waals surface area contributed by atoms with E-state index in [1.165, 1.54) is 52.5 Å². The number of carbonyl (C=O) groups excluding carboxylic acids is 1. The van der Waals surface area contributed by atoms with Crippen LogP contribution in [-0.4, -0.2) is 27.7 Å². The molecule has 0 saturated heterocycles. The summed E-state index contributed by atoms with van der Waals surface area (Å²) in [5.74, 6) is -0.889. The zero-order chi connectivity index (χ0) is 25.3. The maximum atomic E-state index is 13.6. The highest BCUT2D eigenvalue weighted by Crippen LogP contribution is 2.32. The van der Waals surface area contributed by atoms with Crippen LogP contribution in [0.5, 0.6) is 0 Å². The Morgan fingerprint density at radius 1 is 0.917 bits per heavy atom. The van der Waals surface area contributed by atoms with Crippen LogP contribution in [-0.2, 0) is 16.6 Å². The summed E-state index contributed by atoms with van der Waals surface area (Å²) < 4.78 is 42.4. The van der Waals surface area contributed by atoms with Crippen molar-refractivity contribution in [1.29, 1.82) is 0 Å². The van der Waals surface area contributed by atoms with E-state index in [4.69, 9.17) is 11.8 Å². The molecule has 9 heteroatoms. The average Bonchev–Trinajstić information content (AvgIpc) is 3.31. The number of rotatable bonds is 6.